The summed E-state index contributed by atoms with van der Waals surface area (Å²) in [7, 11) is -7.31. The smallest absolute Gasteiger partial charge is 0.238 e. The SMILES string of the molecule is Cc1ccc(S(=O)(=O)CCC(=O)N[C@@H](C)c2ccc(S(N)(=O)=O)cc2)cc1. The average Bonchev–Trinajstić information content (AvgIpc) is 2.60. The van der Waals surface area contributed by atoms with Gasteiger partial charge in [0.05, 0.1) is 21.6 Å². The zero-order chi connectivity index (χ0) is 20.2. The first kappa shape index (κ1) is 21.1. The van der Waals surface area contributed by atoms with Gasteiger partial charge in [0, 0.05) is 6.42 Å². The third kappa shape index (κ3) is 5.88. The van der Waals surface area contributed by atoms with Crippen LogP contribution in [-0.4, -0.2) is 28.5 Å². The van der Waals surface area contributed by atoms with E-state index in [1.165, 1.54) is 24.3 Å². The average molecular weight is 411 g/mol. The number of rotatable bonds is 7. The van der Waals surface area contributed by atoms with Gasteiger partial charge in [-0.2, -0.15) is 0 Å². The van der Waals surface area contributed by atoms with Crippen LogP contribution in [0, 0.1) is 6.92 Å². The fourth-order valence-corrected chi connectivity index (χ4v) is 4.19. The van der Waals surface area contributed by atoms with Crippen molar-refractivity contribution in [3.63, 3.8) is 0 Å². The van der Waals surface area contributed by atoms with Crippen LogP contribution in [0.1, 0.15) is 30.5 Å². The lowest BCUT2D eigenvalue weighted by molar-refractivity contribution is -0.121. The Morgan fingerprint density at radius 3 is 2.00 bits per heavy atom. The molecule has 2 rings (SSSR count). The van der Waals surface area contributed by atoms with Crippen LogP contribution >= 0.6 is 0 Å². The highest BCUT2D eigenvalue weighted by molar-refractivity contribution is 7.91. The van der Waals surface area contributed by atoms with Crippen molar-refractivity contribution in [2.75, 3.05) is 5.75 Å². The van der Waals surface area contributed by atoms with E-state index in [0.717, 1.165) is 5.56 Å². The molecule has 0 aliphatic heterocycles. The van der Waals surface area contributed by atoms with Gasteiger partial charge >= 0.3 is 0 Å². The number of hydrogen-bond acceptors (Lipinski definition) is 5. The second kappa shape index (κ2) is 8.20. The topological polar surface area (TPSA) is 123 Å². The van der Waals surface area contributed by atoms with Crippen LogP contribution in [0.2, 0.25) is 0 Å². The van der Waals surface area contributed by atoms with E-state index in [4.69, 9.17) is 5.14 Å². The standard InChI is InChI=1S/C18H22N2O5S2/c1-13-3-7-16(8-4-13)26(22,23)12-11-18(21)20-14(2)15-5-9-17(10-6-15)27(19,24)25/h3-10,14H,11-12H2,1-2H3,(H,20,21)(H2,19,24,25)/t14-/m0/s1. The van der Waals surface area contributed by atoms with Gasteiger partial charge in [-0.1, -0.05) is 29.8 Å². The van der Waals surface area contributed by atoms with E-state index in [2.05, 4.69) is 5.32 Å². The van der Waals surface area contributed by atoms with Gasteiger partial charge < -0.3 is 5.32 Å². The largest absolute Gasteiger partial charge is 0.350 e. The summed E-state index contributed by atoms with van der Waals surface area (Å²) >= 11 is 0. The molecule has 9 heteroatoms. The predicted octanol–water partition coefficient (Wildman–Crippen LogP) is 1.68. The van der Waals surface area contributed by atoms with Crippen LogP contribution in [0.15, 0.2) is 58.3 Å². The minimum atomic E-state index is -3.78. The summed E-state index contributed by atoms with van der Waals surface area (Å²) in [5, 5.41) is 7.75. The van der Waals surface area contributed by atoms with Crippen LogP contribution in [-0.2, 0) is 24.7 Å². The number of primary sulfonamides is 1. The lowest BCUT2D eigenvalue weighted by Gasteiger charge is -2.15. The van der Waals surface area contributed by atoms with Gasteiger partial charge in [0.25, 0.3) is 0 Å². The van der Waals surface area contributed by atoms with E-state index in [1.54, 1.807) is 31.2 Å². The van der Waals surface area contributed by atoms with Crippen molar-refractivity contribution in [3.05, 3.63) is 59.7 Å². The first-order valence-corrected chi connectivity index (χ1v) is 11.4. The van der Waals surface area contributed by atoms with Crippen LogP contribution in [0.3, 0.4) is 0 Å². The van der Waals surface area contributed by atoms with Gasteiger partial charge in [0.2, 0.25) is 15.9 Å². The van der Waals surface area contributed by atoms with Gasteiger partial charge in [0.15, 0.2) is 9.84 Å². The van der Waals surface area contributed by atoms with Gasteiger partial charge in [-0.05, 0) is 43.7 Å². The molecule has 0 bridgehead atoms. The molecule has 0 saturated carbocycles. The summed E-state index contributed by atoms with van der Waals surface area (Å²) in [4.78, 5) is 12.3. The summed E-state index contributed by atoms with van der Waals surface area (Å²) in [5.74, 6) is -0.701. The van der Waals surface area contributed by atoms with Gasteiger partial charge in [0.1, 0.15) is 0 Å². The summed E-state index contributed by atoms with van der Waals surface area (Å²) in [5.41, 5.74) is 1.63. The summed E-state index contributed by atoms with van der Waals surface area (Å²) in [6.07, 6.45) is -0.171. The zero-order valence-electron chi connectivity index (χ0n) is 15.0. The molecule has 0 spiro atoms. The van der Waals surface area contributed by atoms with Crippen molar-refractivity contribution in [1.29, 1.82) is 0 Å². The van der Waals surface area contributed by atoms with Crippen molar-refractivity contribution in [1.82, 2.24) is 5.32 Å². The van der Waals surface area contributed by atoms with Gasteiger partial charge in [-0.15, -0.1) is 0 Å². The zero-order valence-corrected chi connectivity index (χ0v) is 16.7. The molecule has 0 aromatic heterocycles. The molecule has 1 atom stereocenters. The Labute approximate surface area is 159 Å². The second-order valence-corrected chi connectivity index (χ2v) is 9.96. The Morgan fingerprint density at radius 1 is 0.963 bits per heavy atom. The molecular weight excluding hydrogens is 388 g/mol. The van der Waals surface area contributed by atoms with E-state index in [9.17, 15) is 21.6 Å². The molecule has 7 nitrogen and oxygen atoms in total. The molecular formula is C18H22N2O5S2. The highest BCUT2D eigenvalue weighted by atomic mass is 32.2. The predicted molar refractivity (Wildman–Crippen MR) is 102 cm³/mol. The summed E-state index contributed by atoms with van der Waals surface area (Å²) < 4.78 is 47.1. The Hall–Kier alpha value is -2.23. The third-order valence-corrected chi connectivity index (χ3v) is 6.73. The fourth-order valence-electron chi connectivity index (χ4n) is 2.43. The molecule has 27 heavy (non-hydrogen) atoms. The number of nitrogens with two attached hydrogens (primary N) is 1. The maximum absolute atomic E-state index is 12.3. The first-order valence-electron chi connectivity index (χ1n) is 8.20. The number of carbonyl (C=O) groups excluding carboxylic acids is 1. The monoisotopic (exact) mass is 410 g/mol. The fraction of sp³-hybridized carbons (Fsp3) is 0.278. The molecule has 0 unspecified atom stereocenters. The molecule has 1 amide bonds. The highest BCUT2D eigenvalue weighted by Gasteiger charge is 2.18. The maximum Gasteiger partial charge on any atom is 0.238 e. The van der Waals surface area contributed by atoms with Crippen LogP contribution in [0.5, 0.6) is 0 Å². The van der Waals surface area contributed by atoms with E-state index < -0.39 is 31.8 Å². The van der Waals surface area contributed by atoms with Crippen molar-refractivity contribution in [2.45, 2.75) is 36.1 Å². The molecule has 146 valence electrons. The highest BCUT2D eigenvalue weighted by Crippen LogP contribution is 2.16. The van der Waals surface area contributed by atoms with Crippen molar-refractivity contribution < 1.29 is 21.6 Å². The van der Waals surface area contributed by atoms with Crippen LogP contribution in [0.4, 0.5) is 0 Å². The van der Waals surface area contributed by atoms with Gasteiger partial charge in [-0.25, -0.2) is 22.0 Å². The maximum atomic E-state index is 12.3. The molecule has 0 fully saturated rings. The lowest BCUT2D eigenvalue weighted by atomic mass is 10.1. The second-order valence-electron chi connectivity index (χ2n) is 6.29. The van der Waals surface area contributed by atoms with Crippen molar-refractivity contribution >= 4 is 25.8 Å². The molecule has 0 radical (unpaired) electrons. The van der Waals surface area contributed by atoms with E-state index in [-0.39, 0.29) is 22.0 Å². The molecule has 3 N–H and O–H groups in total. The number of sulfone groups is 1. The number of nitrogens with one attached hydrogen (secondary N) is 1. The molecule has 0 aliphatic rings. The van der Waals surface area contributed by atoms with Crippen LogP contribution in [0.25, 0.3) is 0 Å². The Bertz CT molecular complexity index is 1010. The molecule has 0 saturated heterocycles. The molecule has 2 aromatic rings. The van der Waals surface area contributed by atoms with Crippen molar-refractivity contribution in [2.24, 2.45) is 5.14 Å². The quantitative estimate of drug-likeness (QED) is 0.719. The summed E-state index contributed by atoms with van der Waals surface area (Å²) in [6.45, 7) is 3.58. The summed E-state index contributed by atoms with van der Waals surface area (Å²) in [6, 6.07) is 11.9. The normalized spacial score (nSPS) is 13.1. The molecule has 0 aliphatic carbocycles. The molecule has 0 heterocycles. The number of amides is 1. The third-order valence-electron chi connectivity index (χ3n) is 4.06. The number of hydrogen-bond donors (Lipinski definition) is 2. The van der Waals surface area contributed by atoms with Crippen molar-refractivity contribution in [3.8, 4) is 0 Å². The Kier molecular flexibility index (Phi) is 6.40. The van der Waals surface area contributed by atoms with E-state index in [0.29, 0.717) is 5.56 Å². The minimum Gasteiger partial charge on any atom is -0.350 e. The Morgan fingerprint density at radius 2 is 1.48 bits per heavy atom. The first-order chi connectivity index (χ1) is 12.5. The van der Waals surface area contributed by atoms with Gasteiger partial charge in [-0.3, -0.25) is 4.79 Å². The Balaban J connectivity index is 1.96. The number of carbonyl (C=O) groups is 1. The number of sulfonamides is 1. The lowest BCUT2D eigenvalue weighted by Crippen LogP contribution is -2.28. The number of benzene rings is 2. The van der Waals surface area contributed by atoms with E-state index in [1.807, 2.05) is 6.92 Å². The number of aryl methyl sites for hydroxylation is 1. The van der Waals surface area contributed by atoms with E-state index >= 15 is 0 Å². The molecule has 2 aromatic carbocycles. The van der Waals surface area contributed by atoms with Crippen LogP contribution < -0.4 is 10.5 Å². The minimum absolute atomic E-state index is 0.0195.